The van der Waals surface area contributed by atoms with E-state index in [0.717, 1.165) is 24.0 Å². The summed E-state index contributed by atoms with van der Waals surface area (Å²) in [7, 11) is 0. The van der Waals surface area contributed by atoms with Crippen LogP contribution >= 0.6 is 34.8 Å². The Hall–Kier alpha value is -1.03. The Bertz CT molecular complexity index is 629. The van der Waals surface area contributed by atoms with Gasteiger partial charge in [0.15, 0.2) is 0 Å². The second-order valence-corrected chi connectivity index (χ2v) is 5.62. The van der Waals surface area contributed by atoms with Gasteiger partial charge in [-0.25, -0.2) is 9.97 Å². The molecule has 0 aliphatic carbocycles. The van der Waals surface area contributed by atoms with Crippen LogP contribution in [-0.2, 0) is 6.42 Å². The van der Waals surface area contributed by atoms with Gasteiger partial charge in [0.25, 0.3) is 0 Å². The van der Waals surface area contributed by atoms with Crippen molar-refractivity contribution in [2.45, 2.75) is 26.7 Å². The van der Waals surface area contributed by atoms with Crippen LogP contribution in [0.5, 0.6) is 0 Å². The van der Waals surface area contributed by atoms with E-state index in [-0.39, 0.29) is 0 Å². The number of aryl methyl sites for hydroxylation is 1. The summed E-state index contributed by atoms with van der Waals surface area (Å²) in [5.74, 6) is 0.661. The van der Waals surface area contributed by atoms with Crippen molar-refractivity contribution in [1.82, 2.24) is 9.97 Å². The highest BCUT2D eigenvalue weighted by molar-refractivity contribution is 6.36. The lowest BCUT2D eigenvalue weighted by atomic mass is 10.1. The van der Waals surface area contributed by atoms with Crippen molar-refractivity contribution in [3.63, 3.8) is 0 Å². The lowest BCUT2D eigenvalue weighted by Crippen LogP contribution is -2.02. The molecule has 2 aromatic rings. The minimum absolute atomic E-state index is 0.457. The van der Waals surface area contributed by atoms with Crippen LogP contribution in [0.3, 0.4) is 0 Å². The molecule has 0 spiro atoms. The first-order valence-corrected chi connectivity index (χ1v) is 7.38. The third-order valence-corrected chi connectivity index (χ3v) is 3.94. The van der Waals surface area contributed by atoms with E-state index in [1.807, 2.05) is 13.0 Å². The van der Waals surface area contributed by atoms with Gasteiger partial charge < -0.3 is 5.32 Å². The number of anilines is 2. The number of benzene rings is 1. The van der Waals surface area contributed by atoms with Gasteiger partial charge in [-0.15, -0.1) is 0 Å². The fourth-order valence-corrected chi connectivity index (χ4v) is 2.50. The van der Waals surface area contributed by atoms with Crippen LogP contribution in [0, 0.1) is 6.92 Å². The molecule has 0 aliphatic heterocycles. The van der Waals surface area contributed by atoms with Gasteiger partial charge in [-0.05, 0) is 31.0 Å². The number of nitrogens with one attached hydrogen (secondary N) is 1. The van der Waals surface area contributed by atoms with Gasteiger partial charge in [-0.3, -0.25) is 0 Å². The average Bonchev–Trinajstić information content (AvgIpc) is 2.40. The maximum absolute atomic E-state index is 6.22. The van der Waals surface area contributed by atoms with Crippen molar-refractivity contribution in [1.29, 1.82) is 0 Å². The number of aromatic nitrogens is 2. The molecule has 0 bridgehead atoms. The Morgan fingerprint density at radius 1 is 1.10 bits per heavy atom. The van der Waals surface area contributed by atoms with Crippen LogP contribution < -0.4 is 5.32 Å². The molecule has 1 aromatic carbocycles. The molecule has 0 atom stereocenters. The molecule has 0 aliphatic rings. The van der Waals surface area contributed by atoms with E-state index in [4.69, 9.17) is 34.8 Å². The van der Waals surface area contributed by atoms with Crippen molar-refractivity contribution in [2.24, 2.45) is 0 Å². The molecule has 106 valence electrons. The Morgan fingerprint density at radius 3 is 2.55 bits per heavy atom. The lowest BCUT2D eigenvalue weighted by molar-refractivity contribution is 0.904. The smallest absolute Gasteiger partial charge is 0.138 e. The van der Waals surface area contributed by atoms with Gasteiger partial charge in [0.05, 0.1) is 10.7 Å². The fraction of sp³-hybridized carbons (Fsp3) is 0.286. The molecule has 0 fully saturated rings. The Labute approximate surface area is 133 Å². The van der Waals surface area contributed by atoms with E-state index >= 15 is 0 Å². The molecule has 0 unspecified atom stereocenters. The molecule has 0 saturated carbocycles. The SMILES string of the molecule is CCCc1c(Cl)ncnc1Nc1cc(Cl)c(C)cc1Cl. The quantitative estimate of drug-likeness (QED) is 0.758. The Kier molecular flexibility index (Phi) is 5.08. The molecular weight excluding hydrogens is 317 g/mol. The first-order valence-electron chi connectivity index (χ1n) is 6.25. The van der Waals surface area contributed by atoms with Crippen molar-refractivity contribution in [3.8, 4) is 0 Å². The first kappa shape index (κ1) is 15.4. The van der Waals surface area contributed by atoms with Gasteiger partial charge in [-0.2, -0.15) is 0 Å². The number of hydrogen-bond donors (Lipinski definition) is 1. The molecule has 3 nitrogen and oxygen atoms in total. The summed E-state index contributed by atoms with van der Waals surface area (Å²) in [6.07, 6.45) is 3.16. The van der Waals surface area contributed by atoms with E-state index in [1.54, 1.807) is 6.07 Å². The normalized spacial score (nSPS) is 10.7. The molecule has 1 heterocycles. The van der Waals surface area contributed by atoms with Gasteiger partial charge in [0.1, 0.15) is 17.3 Å². The van der Waals surface area contributed by atoms with Crippen LogP contribution in [-0.4, -0.2) is 9.97 Å². The highest BCUT2D eigenvalue weighted by Gasteiger charge is 2.12. The van der Waals surface area contributed by atoms with Crippen LogP contribution in [0.25, 0.3) is 0 Å². The third-order valence-electron chi connectivity index (χ3n) is 2.89. The summed E-state index contributed by atoms with van der Waals surface area (Å²) < 4.78 is 0. The van der Waals surface area contributed by atoms with E-state index in [0.29, 0.717) is 26.7 Å². The molecule has 0 radical (unpaired) electrons. The highest BCUT2D eigenvalue weighted by atomic mass is 35.5. The Balaban J connectivity index is 2.40. The topological polar surface area (TPSA) is 37.8 Å². The second-order valence-electron chi connectivity index (χ2n) is 4.45. The molecule has 0 amide bonds. The van der Waals surface area contributed by atoms with Crippen molar-refractivity contribution < 1.29 is 0 Å². The van der Waals surface area contributed by atoms with Crippen molar-refractivity contribution >= 4 is 46.3 Å². The molecular formula is C14H14Cl3N3. The number of rotatable bonds is 4. The van der Waals surface area contributed by atoms with Gasteiger partial charge in [0.2, 0.25) is 0 Å². The van der Waals surface area contributed by atoms with E-state index in [1.165, 1.54) is 6.33 Å². The van der Waals surface area contributed by atoms with Crippen molar-refractivity contribution in [3.05, 3.63) is 44.8 Å². The monoisotopic (exact) mass is 329 g/mol. The van der Waals surface area contributed by atoms with Crippen LogP contribution in [0.2, 0.25) is 15.2 Å². The van der Waals surface area contributed by atoms with Gasteiger partial charge >= 0.3 is 0 Å². The van der Waals surface area contributed by atoms with E-state index < -0.39 is 0 Å². The summed E-state index contributed by atoms with van der Waals surface area (Å²) in [6, 6.07) is 3.60. The molecule has 20 heavy (non-hydrogen) atoms. The number of hydrogen-bond acceptors (Lipinski definition) is 3. The zero-order valence-corrected chi connectivity index (χ0v) is 13.4. The lowest BCUT2D eigenvalue weighted by Gasteiger charge is -2.13. The summed E-state index contributed by atoms with van der Waals surface area (Å²) in [5, 5.41) is 4.87. The van der Waals surface area contributed by atoms with Crippen LogP contribution in [0.4, 0.5) is 11.5 Å². The Morgan fingerprint density at radius 2 is 1.85 bits per heavy atom. The van der Waals surface area contributed by atoms with Crippen LogP contribution in [0.1, 0.15) is 24.5 Å². The summed E-state index contributed by atoms with van der Waals surface area (Å²) in [4.78, 5) is 8.25. The molecule has 0 saturated heterocycles. The average molecular weight is 331 g/mol. The van der Waals surface area contributed by atoms with Gasteiger partial charge in [-0.1, -0.05) is 48.1 Å². The standard InChI is InChI=1S/C14H14Cl3N3/c1-3-4-9-13(17)18-7-19-14(9)20-12-6-10(15)8(2)5-11(12)16/h5-7H,3-4H2,1-2H3,(H,18,19,20). The summed E-state index contributed by atoms with van der Waals surface area (Å²) in [5.41, 5.74) is 2.51. The largest absolute Gasteiger partial charge is 0.339 e. The zero-order chi connectivity index (χ0) is 14.7. The number of halogens is 3. The molecule has 1 aromatic heterocycles. The predicted molar refractivity (Wildman–Crippen MR) is 85.5 cm³/mol. The van der Waals surface area contributed by atoms with Gasteiger partial charge in [0, 0.05) is 10.6 Å². The van der Waals surface area contributed by atoms with Crippen LogP contribution in [0.15, 0.2) is 18.5 Å². The second kappa shape index (κ2) is 6.61. The number of nitrogens with zero attached hydrogens (tertiary/aromatic N) is 2. The highest BCUT2D eigenvalue weighted by Crippen LogP contribution is 2.32. The van der Waals surface area contributed by atoms with Crippen molar-refractivity contribution in [2.75, 3.05) is 5.32 Å². The summed E-state index contributed by atoms with van der Waals surface area (Å²) in [6.45, 7) is 3.98. The minimum atomic E-state index is 0.457. The zero-order valence-electron chi connectivity index (χ0n) is 11.2. The predicted octanol–water partition coefficient (Wildman–Crippen LogP) is 5.44. The fourth-order valence-electron chi connectivity index (χ4n) is 1.84. The maximum Gasteiger partial charge on any atom is 0.138 e. The molecule has 1 N–H and O–H groups in total. The summed E-state index contributed by atoms with van der Waals surface area (Å²) >= 11 is 18.5. The maximum atomic E-state index is 6.22. The molecule has 2 rings (SSSR count). The molecule has 6 heteroatoms. The van der Waals surface area contributed by atoms with E-state index in [9.17, 15) is 0 Å². The minimum Gasteiger partial charge on any atom is -0.339 e. The first-order chi connectivity index (χ1) is 9.52. The third kappa shape index (κ3) is 3.35. The van der Waals surface area contributed by atoms with E-state index in [2.05, 4.69) is 22.2 Å².